The Morgan fingerprint density at radius 3 is 2.56 bits per heavy atom. The van der Waals surface area contributed by atoms with Crippen molar-refractivity contribution < 1.29 is 4.79 Å². The van der Waals surface area contributed by atoms with E-state index in [-0.39, 0.29) is 0 Å². The van der Waals surface area contributed by atoms with E-state index in [0.717, 1.165) is 12.2 Å². The Morgan fingerprint density at radius 1 is 1.50 bits per heavy atom. The van der Waals surface area contributed by atoms with E-state index in [1.54, 1.807) is 12.1 Å². The number of hydrogen-bond donors (Lipinski definition) is 2. The average molecular weight is 221 g/mol. The predicted octanol–water partition coefficient (Wildman–Crippen LogP) is 2.03. The minimum Gasteiger partial charge on any atom is -0.367 e. The monoisotopic (exact) mass is 221 g/mol. The first-order chi connectivity index (χ1) is 7.54. The molecule has 16 heavy (non-hydrogen) atoms. The summed E-state index contributed by atoms with van der Waals surface area (Å²) in [6.07, 6.45) is 2.54. The van der Waals surface area contributed by atoms with E-state index in [0.29, 0.717) is 17.5 Å². The fourth-order valence-corrected chi connectivity index (χ4v) is 1.56. The zero-order valence-corrected chi connectivity index (χ0v) is 10.0. The minimum absolute atomic E-state index is 0.395. The quantitative estimate of drug-likeness (QED) is 0.799. The third kappa shape index (κ3) is 3.22. The number of aromatic nitrogens is 1. The standard InChI is InChI=1S/C12H19N3O/c1-4-10(8(2)3)15-11-6-5-9(7-14-11)12(13)16/h5-8,10H,4H2,1-3H3,(H2,13,16)(H,14,15). The van der Waals surface area contributed by atoms with Crippen molar-refractivity contribution in [3.63, 3.8) is 0 Å². The highest BCUT2D eigenvalue weighted by Gasteiger charge is 2.11. The lowest BCUT2D eigenvalue weighted by Gasteiger charge is -2.21. The number of carbonyl (C=O) groups is 1. The Hall–Kier alpha value is -1.58. The van der Waals surface area contributed by atoms with Crippen molar-refractivity contribution in [2.45, 2.75) is 33.2 Å². The van der Waals surface area contributed by atoms with Crippen molar-refractivity contribution in [3.8, 4) is 0 Å². The molecule has 1 rings (SSSR count). The molecule has 1 aromatic rings. The Morgan fingerprint density at radius 2 is 2.19 bits per heavy atom. The molecule has 1 amide bonds. The summed E-state index contributed by atoms with van der Waals surface area (Å²) < 4.78 is 0. The lowest BCUT2D eigenvalue weighted by atomic mass is 10.0. The number of nitrogens with one attached hydrogen (secondary N) is 1. The van der Waals surface area contributed by atoms with Crippen LogP contribution in [0.1, 0.15) is 37.6 Å². The van der Waals surface area contributed by atoms with Crippen LogP contribution in [0, 0.1) is 5.92 Å². The number of pyridine rings is 1. The summed E-state index contributed by atoms with van der Waals surface area (Å²) in [5.41, 5.74) is 5.57. The molecule has 0 bridgehead atoms. The molecule has 0 radical (unpaired) electrons. The van der Waals surface area contributed by atoms with E-state index in [2.05, 4.69) is 31.1 Å². The van der Waals surface area contributed by atoms with Crippen LogP contribution in [0.25, 0.3) is 0 Å². The highest BCUT2D eigenvalue weighted by atomic mass is 16.1. The van der Waals surface area contributed by atoms with E-state index in [4.69, 9.17) is 5.73 Å². The molecular weight excluding hydrogens is 202 g/mol. The van der Waals surface area contributed by atoms with Crippen LogP contribution in [0.5, 0.6) is 0 Å². The normalized spacial score (nSPS) is 12.5. The fourth-order valence-electron chi connectivity index (χ4n) is 1.56. The first kappa shape index (κ1) is 12.5. The second kappa shape index (κ2) is 5.49. The van der Waals surface area contributed by atoms with Gasteiger partial charge in [-0.2, -0.15) is 0 Å². The first-order valence-corrected chi connectivity index (χ1v) is 5.57. The van der Waals surface area contributed by atoms with E-state index in [1.165, 1.54) is 6.20 Å². The summed E-state index contributed by atoms with van der Waals surface area (Å²) in [6.45, 7) is 6.47. The van der Waals surface area contributed by atoms with E-state index >= 15 is 0 Å². The molecule has 0 aliphatic heterocycles. The van der Waals surface area contributed by atoms with Crippen LogP contribution in [0.15, 0.2) is 18.3 Å². The van der Waals surface area contributed by atoms with Crippen molar-refractivity contribution in [1.82, 2.24) is 4.98 Å². The van der Waals surface area contributed by atoms with Gasteiger partial charge in [0.2, 0.25) is 5.91 Å². The minimum atomic E-state index is -0.449. The summed E-state index contributed by atoms with van der Waals surface area (Å²) in [5, 5.41) is 3.33. The van der Waals surface area contributed by atoms with Crippen LogP contribution in [0.2, 0.25) is 0 Å². The van der Waals surface area contributed by atoms with Crippen LogP contribution in [0.3, 0.4) is 0 Å². The summed E-state index contributed by atoms with van der Waals surface area (Å²) in [4.78, 5) is 15.0. The van der Waals surface area contributed by atoms with Crippen LogP contribution in [0.4, 0.5) is 5.82 Å². The SMILES string of the molecule is CCC(Nc1ccc(C(N)=O)cn1)C(C)C. The largest absolute Gasteiger partial charge is 0.367 e. The Kier molecular flexibility index (Phi) is 4.28. The molecule has 1 unspecified atom stereocenters. The van der Waals surface area contributed by atoms with Crippen molar-refractivity contribution in [1.29, 1.82) is 0 Å². The number of rotatable bonds is 5. The van der Waals surface area contributed by atoms with Crippen LogP contribution < -0.4 is 11.1 Å². The number of anilines is 1. The fraction of sp³-hybridized carbons (Fsp3) is 0.500. The van der Waals surface area contributed by atoms with Gasteiger partial charge in [-0.25, -0.2) is 4.98 Å². The number of nitrogens with two attached hydrogens (primary N) is 1. The van der Waals surface area contributed by atoms with Crippen LogP contribution >= 0.6 is 0 Å². The molecule has 0 aliphatic rings. The molecule has 0 fully saturated rings. The van der Waals surface area contributed by atoms with Gasteiger partial charge in [0, 0.05) is 12.2 Å². The maximum Gasteiger partial charge on any atom is 0.250 e. The third-order valence-corrected chi connectivity index (χ3v) is 2.63. The molecule has 0 saturated carbocycles. The summed E-state index contributed by atoms with van der Waals surface area (Å²) >= 11 is 0. The van der Waals surface area contributed by atoms with Gasteiger partial charge in [-0.05, 0) is 24.5 Å². The Bertz CT molecular complexity index is 346. The third-order valence-electron chi connectivity index (χ3n) is 2.63. The van der Waals surface area contributed by atoms with E-state index in [9.17, 15) is 4.79 Å². The average Bonchev–Trinajstić information content (AvgIpc) is 2.26. The molecule has 0 aromatic carbocycles. The predicted molar refractivity (Wildman–Crippen MR) is 65.3 cm³/mol. The van der Waals surface area contributed by atoms with E-state index in [1.807, 2.05) is 0 Å². The molecule has 0 aliphatic carbocycles. The van der Waals surface area contributed by atoms with Gasteiger partial charge in [0.1, 0.15) is 5.82 Å². The van der Waals surface area contributed by atoms with Crippen molar-refractivity contribution >= 4 is 11.7 Å². The van der Waals surface area contributed by atoms with Crippen molar-refractivity contribution in [2.24, 2.45) is 11.7 Å². The van der Waals surface area contributed by atoms with Gasteiger partial charge in [-0.1, -0.05) is 20.8 Å². The van der Waals surface area contributed by atoms with E-state index < -0.39 is 5.91 Å². The van der Waals surface area contributed by atoms with Crippen molar-refractivity contribution in [2.75, 3.05) is 5.32 Å². The van der Waals surface area contributed by atoms with Gasteiger partial charge < -0.3 is 11.1 Å². The van der Waals surface area contributed by atoms with Crippen LogP contribution in [-0.4, -0.2) is 16.9 Å². The van der Waals surface area contributed by atoms with Crippen molar-refractivity contribution in [3.05, 3.63) is 23.9 Å². The molecule has 1 atom stereocenters. The number of hydrogen-bond acceptors (Lipinski definition) is 3. The molecule has 0 spiro atoms. The molecular formula is C12H19N3O. The van der Waals surface area contributed by atoms with Gasteiger partial charge in [-0.3, -0.25) is 4.79 Å². The summed E-state index contributed by atoms with van der Waals surface area (Å²) in [6, 6.07) is 3.86. The van der Waals surface area contributed by atoms with Gasteiger partial charge in [0.25, 0.3) is 0 Å². The molecule has 3 N–H and O–H groups in total. The lowest BCUT2D eigenvalue weighted by molar-refractivity contribution is 0.1000. The second-order valence-electron chi connectivity index (χ2n) is 4.20. The van der Waals surface area contributed by atoms with Gasteiger partial charge >= 0.3 is 0 Å². The lowest BCUT2D eigenvalue weighted by Crippen LogP contribution is -2.25. The molecule has 88 valence electrons. The van der Waals surface area contributed by atoms with Gasteiger partial charge in [0.05, 0.1) is 5.56 Å². The molecule has 0 saturated heterocycles. The van der Waals surface area contributed by atoms with Gasteiger partial charge in [-0.15, -0.1) is 0 Å². The Labute approximate surface area is 96.3 Å². The zero-order valence-electron chi connectivity index (χ0n) is 10.0. The maximum atomic E-state index is 10.9. The molecule has 1 heterocycles. The molecule has 4 nitrogen and oxygen atoms in total. The zero-order chi connectivity index (χ0) is 12.1. The highest BCUT2D eigenvalue weighted by Crippen LogP contribution is 2.13. The topological polar surface area (TPSA) is 68.0 Å². The smallest absolute Gasteiger partial charge is 0.250 e. The second-order valence-corrected chi connectivity index (χ2v) is 4.20. The summed E-state index contributed by atoms with van der Waals surface area (Å²) in [5.74, 6) is 0.878. The Balaban J connectivity index is 2.71. The number of nitrogens with zero attached hydrogens (tertiary/aromatic N) is 1. The van der Waals surface area contributed by atoms with Crippen LogP contribution in [-0.2, 0) is 0 Å². The molecule has 1 aromatic heterocycles. The maximum absolute atomic E-state index is 10.9. The highest BCUT2D eigenvalue weighted by molar-refractivity contribution is 5.92. The van der Waals surface area contributed by atoms with Gasteiger partial charge in [0.15, 0.2) is 0 Å². The molecule has 4 heteroatoms. The first-order valence-electron chi connectivity index (χ1n) is 5.57. The number of carbonyl (C=O) groups excluding carboxylic acids is 1. The summed E-state index contributed by atoms with van der Waals surface area (Å²) in [7, 11) is 0. The number of primary amides is 1. The number of amides is 1.